The lowest BCUT2D eigenvalue weighted by molar-refractivity contribution is -0.0296. The van der Waals surface area contributed by atoms with Crippen molar-refractivity contribution in [3.8, 4) is 0 Å². The van der Waals surface area contributed by atoms with Gasteiger partial charge >= 0.3 is 6.09 Å². The van der Waals surface area contributed by atoms with Crippen molar-refractivity contribution in [3.05, 3.63) is 77.9 Å². The molecule has 166 valence electrons. The van der Waals surface area contributed by atoms with Crippen LogP contribution in [0.4, 0.5) is 4.79 Å². The lowest BCUT2D eigenvalue weighted by Gasteiger charge is -2.44. The van der Waals surface area contributed by atoms with E-state index in [1.807, 2.05) is 81.5 Å². The maximum Gasteiger partial charge on any atom is 0.410 e. The second-order valence-corrected chi connectivity index (χ2v) is 9.26. The van der Waals surface area contributed by atoms with Crippen LogP contribution < -0.4 is 5.32 Å². The second-order valence-electron chi connectivity index (χ2n) is 9.26. The Morgan fingerprint density at radius 3 is 2.39 bits per heavy atom. The summed E-state index contributed by atoms with van der Waals surface area (Å²) in [7, 11) is 0. The molecular formula is C26H34N2O3. The number of piperidine rings is 1. The first-order valence-electron chi connectivity index (χ1n) is 10.9. The van der Waals surface area contributed by atoms with Gasteiger partial charge in [0.1, 0.15) is 11.2 Å². The summed E-state index contributed by atoms with van der Waals surface area (Å²) in [6.45, 7) is 8.45. The molecule has 5 heteroatoms. The van der Waals surface area contributed by atoms with Crippen LogP contribution in [0.2, 0.25) is 0 Å². The normalized spacial score (nSPS) is 23.0. The van der Waals surface area contributed by atoms with E-state index < -0.39 is 11.2 Å². The highest BCUT2D eigenvalue weighted by molar-refractivity contribution is 5.68. The van der Waals surface area contributed by atoms with E-state index in [2.05, 4.69) is 24.4 Å². The summed E-state index contributed by atoms with van der Waals surface area (Å²) in [4.78, 5) is 14.4. The topological polar surface area (TPSA) is 61.8 Å². The maximum absolute atomic E-state index is 12.7. The standard InChI is InChI=1S/C26H34N2O3/c1-20(22-13-9-6-10-14-22)27-23-19-28(24(29)31-25(2,3)4)18-17-26(23,30)16-15-21-11-7-5-8-12-21/h5-16,20,23,27,30H,17-19H2,1-4H3/b16-15+/t20-,23+,26+/m1/s1. The van der Waals surface area contributed by atoms with Crippen molar-refractivity contribution in [2.24, 2.45) is 0 Å². The smallest absolute Gasteiger partial charge is 0.410 e. The molecule has 0 radical (unpaired) electrons. The lowest BCUT2D eigenvalue weighted by atomic mass is 9.85. The largest absolute Gasteiger partial charge is 0.444 e. The number of ether oxygens (including phenoxy) is 1. The Hall–Kier alpha value is -2.63. The van der Waals surface area contributed by atoms with Gasteiger partial charge in [-0.1, -0.05) is 72.8 Å². The Balaban J connectivity index is 1.81. The molecule has 1 fully saturated rings. The van der Waals surface area contributed by atoms with Gasteiger partial charge in [0.15, 0.2) is 0 Å². The molecular weight excluding hydrogens is 388 g/mol. The van der Waals surface area contributed by atoms with Crippen LogP contribution in [-0.4, -0.2) is 46.4 Å². The monoisotopic (exact) mass is 422 g/mol. The molecule has 1 aliphatic rings. The zero-order chi connectivity index (χ0) is 22.5. The predicted octanol–water partition coefficient (Wildman–Crippen LogP) is 4.79. The number of rotatable bonds is 5. The van der Waals surface area contributed by atoms with Crippen LogP contribution in [0.5, 0.6) is 0 Å². The van der Waals surface area contributed by atoms with Crippen LogP contribution in [0.15, 0.2) is 66.7 Å². The van der Waals surface area contributed by atoms with Crippen molar-refractivity contribution in [2.45, 2.75) is 57.4 Å². The first-order valence-corrected chi connectivity index (χ1v) is 10.9. The van der Waals surface area contributed by atoms with Gasteiger partial charge in [-0.25, -0.2) is 4.79 Å². The molecule has 3 rings (SSSR count). The van der Waals surface area contributed by atoms with E-state index in [0.717, 1.165) is 11.1 Å². The molecule has 3 atom stereocenters. The van der Waals surface area contributed by atoms with E-state index in [-0.39, 0.29) is 18.2 Å². The molecule has 0 unspecified atom stereocenters. The number of amides is 1. The van der Waals surface area contributed by atoms with Gasteiger partial charge in [-0.15, -0.1) is 0 Å². The fraction of sp³-hybridized carbons (Fsp3) is 0.423. The molecule has 1 saturated heterocycles. The van der Waals surface area contributed by atoms with Crippen LogP contribution in [0.1, 0.15) is 51.3 Å². The number of hydrogen-bond acceptors (Lipinski definition) is 4. The third-order valence-electron chi connectivity index (χ3n) is 5.56. The van der Waals surface area contributed by atoms with Crippen molar-refractivity contribution >= 4 is 12.2 Å². The highest BCUT2D eigenvalue weighted by atomic mass is 16.6. The number of likely N-dealkylation sites (tertiary alicyclic amines) is 1. The number of nitrogens with one attached hydrogen (secondary N) is 1. The fourth-order valence-corrected chi connectivity index (χ4v) is 3.79. The molecule has 0 aliphatic carbocycles. The van der Waals surface area contributed by atoms with Gasteiger partial charge in [-0.3, -0.25) is 0 Å². The molecule has 2 N–H and O–H groups in total. The molecule has 31 heavy (non-hydrogen) atoms. The van der Waals surface area contributed by atoms with Crippen LogP contribution >= 0.6 is 0 Å². The summed E-state index contributed by atoms with van der Waals surface area (Å²) in [6.07, 6.45) is 3.89. The fourth-order valence-electron chi connectivity index (χ4n) is 3.79. The summed E-state index contributed by atoms with van der Waals surface area (Å²) in [5.74, 6) is 0. The zero-order valence-electron chi connectivity index (χ0n) is 18.9. The quantitative estimate of drug-likeness (QED) is 0.727. The van der Waals surface area contributed by atoms with E-state index >= 15 is 0 Å². The van der Waals surface area contributed by atoms with E-state index in [9.17, 15) is 9.90 Å². The summed E-state index contributed by atoms with van der Waals surface area (Å²) in [5, 5.41) is 15.2. The molecule has 2 aromatic carbocycles. The third kappa shape index (κ3) is 6.42. The third-order valence-corrected chi connectivity index (χ3v) is 5.56. The van der Waals surface area contributed by atoms with Gasteiger partial charge in [0.05, 0.1) is 6.04 Å². The minimum Gasteiger partial charge on any atom is -0.444 e. The van der Waals surface area contributed by atoms with E-state index in [1.54, 1.807) is 4.90 Å². The highest BCUT2D eigenvalue weighted by Crippen LogP contribution is 2.28. The summed E-state index contributed by atoms with van der Waals surface area (Å²) < 4.78 is 5.57. The first-order chi connectivity index (χ1) is 14.7. The number of carbonyl (C=O) groups excluding carboxylic acids is 1. The Kier molecular flexibility index (Phi) is 7.19. The minimum absolute atomic E-state index is 0.0152. The molecule has 1 heterocycles. The SMILES string of the molecule is C[C@@H](N[C@H]1CN(C(=O)OC(C)(C)C)CC[C@@]1(O)/C=C/c1ccccc1)c1ccccc1. The number of nitrogens with zero attached hydrogens (tertiary/aromatic N) is 1. The van der Waals surface area contributed by atoms with Gasteiger partial charge in [0, 0.05) is 19.1 Å². The van der Waals surface area contributed by atoms with Crippen molar-refractivity contribution in [1.82, 2.24) is 10.2 Å². The summed E-state index contributed by atoms with van der Waals surface area (Å²) in [5.41, 5.74) is 0.516. The highest BCUT2D eigenvalue weighted by Gasteiger charge is 2.42. The van der Waals surface area contributed by atoms with Crippen LogP contribution in [0.3, 0.4) is 0 Å². The van der Waals surface area contributed by atoms with Crippen LogP contribution in [0, 0.1) is 0 Å². The molecule has 1 amide bonds. The Morgan fingerprint density at radius 2 is 1.77 bits per heavy atom. The first kappa shape index (κ1) is 23.0. The molecule has 0 aromatic heterocycles. The van der Waals surface area contributed by atoms with E-state index in [0.29, 0.717) is 19.5 Å². The molecule has 0 spiro atoms. The molecule has 0 saturated carbocycles. The number of hydrogen-bond donors (Lipinski definition) is 2. The van der Waals surface area contributed by atoms with Crippen molar-refractivity contribution in [3.63, 3.8) is 0 Å². The lowest BCUT2D eigenvalue weighted by Crippen LogP contribution is -2.62. The van der Waals surface area contributed by atoms with Crippen molar-refractivity contribution in [1.29, 1.82) is 0 Å². The Bertz CT molecular complexity index is 877. The van der Waals surface area contributed by atoms with Gasteiger partial charge in [0.2, 0.25) is 0 Å². The minimum atomic E-state index is -1.09. The van der Waals surface area contributed by atoms with E-state index in [4.69, 9.17) is 4.74 Å². The molecule has 0 bridgehead atoms. The number of benzene rings is 2. The van der Waals surface area contributed by atoms with Gasteiger partial charge in [0.25, 0.3) is 0 Å². The summed E-state index contributed by atoms with van der Waals surface area (Å²) in [6, 6.07) is 19.7. The van der Waals surface area contributed by atoms with Gasteiger partial charge < -0.3 is 20.1 Å². The van der Waals surface area contributed by atoms with Crippen LogP contribution in [-0.2, 0) is 4.74 Å². The Morgan fingerprint density at radius 1 is 1.16 bits per heavy atom. The van der Waals surface area contributed by atoms with E-state index in [1.165, 1.54) is 0 Å². The predicted molar refractivity (Wildman–Crippen MR) is 125 cm³/mol. The molecule has 1 aliphatic heterocycles. The van der Waals surface area contributed by atoms with Crippen molar-refractivity contribution in [2.75, 3.05) is 13.1 Å². The van der Waals surface area contributed by atoms with Crippen LogP contribution in [0.25, 0.3) is 6.08 Å². The number of carbonyl (C=O) groups is 1. The van der Waals surface area contributed by atoms with Gasteiger partial charge in [-0.2, -0.15) is 0 Å². The second kappa shape index (κ2) is 9.67. The average molecular weight is 423 g/mol. The summed E-state index contributed by atoms with van der Waals surface area (Å²) >= 11 is 0. The zero-order valence-corrected chi connectivity index (χ0v) is 18.9. The number of aliphatic hydroxyl groups is 1. The maximum atomic E-state index is 12.7. The van der Waals surface area contributed by atoms with Crippen molar-refractivity contribution < 1.29 is 14.6 Å². The Labute approximate surface area is 185 Å². The molecule has 2 aromatic rings. The van der Waals surface area contributed by atoms with Gasteiger partial charge in [-0.05, 0) is 45.2 Å². The molecule has 5 nitrogen and oxygen atoms in total. The average Bonchev–Trinajstić information content (AvgIpc) is 2.74.